The first-order chi connectivity index (χ1) is 5.61. The average Bonchev–Trinajstić information content (AvgIpc) is 2.00. The van der Waals surface area contributed by atoms with E-state index in [1.165, 1.54) is 19.0 Å². The fourth-order valence-corrected chi connectivity index (χ4v) is 2.00. The second-order valence-electron chi connectivity index (χ2n) is 3.96. The van der Waals surface area contributed by atoms with Crippen LogP contribution in [0, 0.1) is 5.92 Å². The van der Waals surface area contributed by atoms with Gasteiger partial charge in [0.05, 0.1) is 6.10 Å². The molecule has 4 unspecified atom stereocenters. The highest BCUT2D eigenvalue weighted by Gasteiger charge is 2.16. The van der Waals surface area contributed by atoms with E-state index in [9.17, 15) is 0 Å². The molecule has 1 nitrogen and oxygen atoms in total. The summed E-state index contributed by atoms with van der Waals surface area (Å²) in [6.07, 6.45) is 4.06. The Balaban J connectivity index is 3.78. The molecule has 0 aliphatic rings. The van der Waals surface area contributed by atoms with E-state index in [0.29, 0.717) is 12.0 Å². The number of hydrogen-bond donors (Lipinski definition) is 0. The van der Waals surface area contributed by atoms with Crippen LogP contribution in [-0.4, -0.2) is 27.2 Å². The van der Waals surface area contributed by atoms with Gasteiger partial charge in [0.25, 0.3) is 0 Å². The van der Waals surface area contributed by atoms with Gasteiger partial charge in [0, 0.05) is 7.11 Å². The molecule has 0 amide bonds. The van der Waals surface area contributed by atoms with Crippen molar-refractivity contribution < 1.29 is 4.74 Å². The van der Waals surface area contributed by atoms with E-state index in [1.807, 2.05) is 7.11 Å². The Kier molecular flexibility index (Phi) is 7.18. The lowest BCUT2D eigenvalue weighted by Crippen LogP contribution is -2.22. The molecule has 72 valence electrons. The van der Waals surface area contributed by atoms with Crippen molar-refractivity contribution in [3.8, 4) is 0 Å². The van der Waals surface area contributed by atoms with Crippen LogP contribution < -0.4 is 0 Å². The van der Waals surface area contributed by atoms with Crippen molar-refractivity contribution in [2.75, 3.05) is 13.3 Å². The maximum absolute atomic E-state index is 5.47. The third-order valence-corrected chi connectivity index (χ3v) is 2.60. The van der Waals surface area contributed by atoms with E-state index in [4.69, 9.17) is 4.74 Å². The van der Waals surface area contributed by atoms with Gasteiger partial charge in [-0.25, -0.2) is 0 Å². The average molecular weight is 188 g/mol. The molecule has 0 aromatic carbocycles. The molecule has 0 saturated heterocycles. The molecular weight excluding hydrogens is 166 g/mol. The number of rotatable bonds is 6. The van der Waals surface area contributed by atoms with Gasteiger partial charge < -0.3 is 4.74 Å². The second kappa shape index (κ2) is 6.92. The molecule has 0 saturated carbocycles. The zero-order chi connectivity index (χ0) is 9.56. The smallest absolute Gasteiger partial charge is 0.105 e. The van der Waals surface area contributed by atoms with Crippen LogP contribution in [0.4, 0.5) is 0 Å². The van der Waals surface area contributed by atoms with Gasteiger partial charge in [0.2, 0.25) is 0 Å². The van der Waals surface area contributed by atoms with Gasteiger partial charge in [-0.05, 0) is 24.9 Å². The van der Waals surface area contributed by atoms with Crippen LogP contribution in [0.1, 0.15) is 26.7 Å². The Labute approximate surface area is 80.3 Å². The SMILES string of the molecule is BC(C)CC(OC)C(C)CCP. The van der Waals surface area contributed by atoms with Crippen molar-refractivity contribution in [1.82, 2.24) is 0 Å². The number of ether oxygens (including phenoxy) is 1. The molecule has 0 rings (SSSR count). The summed E-state index contributed by atoms with van der Waals surface area (Å²) in [6.45, 7) is 4.53. The Morgan fingerprint density at radius 1 is 1.42 bits per heavy atom. The second-order valence-corrected chi connectivity index (χ2v) is 4.54. The Hall–Kier alpha value is 0.455. The van der Waals surface area contributed by atoms with Crippen LogP contribution in [0.2, 0.25) is 5.82 Å². The summed E-state index contributed by atoms with van der Waals surface area (Å²) >= 11 is 0. The van der Waals surface area contributed by atoms with Crippen molar-refractivity contribution in [3.63, 3.8) is 0 Å². The van der Waals surface area contributed by atoms with Crippen LogP contribution in [0.25, 0.3) is 0 Å². The first-order valence-corrected chi connectivity index (χ1v) is 5.66. The number of hydrogen-bond acceptors (Lipinski definition) is 1. The van der Waals surface area contributed by atoms with Crippen molar-refractivity contribution in [2.24, 2.45) is 5.92 Å². The zero-order valence-electron chi connectivity index (χ0n) is 8.84. The fraction of sp³-hybridized carbons (Fsp3) is 1.00. The van der Waals surface area contributed by atoms with Crippen LogP contribution in [0.3, 0.4) is 0 Å². The quantitative estimate of drug-likeness (QED) is 0.455. The first kappa shape index (κ1) is 12.5. The highest BCUT2D eigenvalue weighted by atomic mass is 31.0. The molecule has 0 aromatic heterocycles. The summed E-state index contributed by atoms with van der Waals surface area (Å²) in [5, 5.41) is 0. The molecule has 4 atom stereocenters. The van der Waals surface area contributed by atoms with Crippen LogP contribution >= 0.6 is 9.24 Å². The van der Waals surface area contributed by atoms with Crippen LogP contribution in [-0.2, 0) is 4.74 Å². The summed E-state index contributed by atoms with van der Waals surface area (Å²) in [7, 11) is 6.85. The molecule has 0 radical (unpaired) electrons. The van der Waals surface area contributed by atoms with E-state index in [-0.39, 0.29) is 0 Å². The first-order valence-electron chi connectivity index (χ1n) is 4.84. The summed E-state index contributed by atoms with van der Waals surface area (Å²) in [4.78, 5) is 0. The summed E-state index contributed by atoms with van der Waals surface area (Å²) in [5.41, 5.74) is 0. The van der Waals surface area contributed by atoms with E-state index in [2.05, 4.69) is 30.9 Å². The molecule has 0 aromatic rings. The van der Waals surface area contributed by atoms with Crippen molar-refractivity contribution in [3.05, 3.63) is 0 Å². The molecule has 0 spiro atoms. The van der Waals surface area contributed by atoms with Gasteiger partial charge >= 0.3 is 0 Å². The largest absolute Gasteiger partial charge is 0.381 e. The highest BCUT2D eigenvalue weighted by molar-refractivity contribution is 7.16. The third-order valence-electron chi connectivity index (χ3n) is 2.26. The van der Waals surface area contributed by atoms with Crippen molar-refractivity contribution >= 4 is 17.1 Å². The molecular formula is C9H22BOP. The molecule has 0 heterocycles. The number of methoxy groups -OCH3 is 1. The minimum Gasteiger partial charge on any atom is -0.381 e. The van der Waals surface area contributed by atoms with Crippen molar-refractivity contribution in [2.45, 2.75) is 38.6 Å². The van der Waals surface area contributed by atoms with E-state index >= 15 is 0 Å². The molecule has 12 heavy (non-hydrogen) atoms. The van der Waals surface area contributed by atoms with Crippen LogP contribution in [0.15, 0.2) is 0 Å². The van der Waals surface area contributed by atoms with Gasteiger partial charge in [-0.1, -0.05) is 19.7 Å². The van der Waals surface area contributed by atoms with Crippen molar-refractivity contribution in [1.29, 1.82) is 0 Å². The van der Waals surface area contributed by atoms with Gasteiger partial charge in [-0.2, -0.15) is 0 Å². The molecule has 3 heteroatoms. The fourth-order valence-electron chi connectivity index (χ4n) is 1.47. The normalized spacial score (nSPS) is 18.7. The van der Waals surface area contributed by atoms with E-state index < -0.39 is 0 Å². The predicted molar refractivity (Wildman–Crippen MR) is 61.7 cm³/mol. The third kappa shape index (κ3) is 5.16. The Morgan fingerprint density at radius 3 is 2.33 bits per heavy atom. The molecule has 0 N–H and O–H groups in total. The van der Waals surface area contributed by atoms with E-state index in [0.717, 1.165) is 5.82 Å². The molecule has 0 fully saturated rings. The maximum Gasteiger partial charge on any atom is 0.105 e. The maximum atomic E-state index is 5.47. The lowest BCUT2D eigenvalue weighted by Gasteiger charge is -2.23. The van der Waals surface area contributed by atoms with Gasteiger partial charge in [0.1, 0.15) is 7.85 Å². The standard InChI is InChI=1S/C9H22BOP/c1-7(4-5-12)9(11-3)6-8(2)10/h7-9H,4-6,10,12H2,1-3H3. The molecule has 0 bridgehead atoms. The topological polar surface area (TPSA) is 9.23 Å². The minimum atomic E-state index is 0.450. The van der Waals surface area contributed by atoms with Crippen LogP contribution in [0.5, 0.6) is 0 Å². The summed E-state index contributed by atoms with van der Waals surface area (Å²) < 4.78 is 5.47. The summed E-state index contributed by atoms with van der Waals surface area (Å²) in [5.74, 6) is 1.43. The zero-order valence-corrected chi connectivity index (χ0v) is 9.99. The van der Waals surface area contributed by atoms with Gasteiger partial charge in [-0.3, -0.25) is 0 Å². The lowest BCUT2D eigenvalue weighted by atomic mass is 9.81. The predicted octanol–water partition coefficient (Wildman–Crippen LogP) is 1.73. The Morgan fingerprint density at radius 2 is 2.00 bits per heavy atom. The summed E-state index contributed by atoms with van der Waals surface area (Å²) in [6, 6.07) is 0. The van der Waals surface area contributed by atoms with Gasteiger partial charge in [0.15, 0.2) is 0 Å². The van der Waals surface area contributed by atoms with E-state index in [1.54, 1.807) is 0 Å². The Bertz CT molecular complexity index is 109. The highest BCUT2D eigenvalue weighted by Crippen LogP contribution is 2.20. The lowest BCUT2D eigenvalue weighted by molar-refractivity contribution is 0.0505. The molecule has 0 aliphatic heterocycles. The van der Waals surface area contributed by atoms with Gasteiger partial charge in [-0.15, -0.1) is 9.24 Å². The molecule has 0 aliphatic carbocycles. The minimum absolute atomic E-state index is 0.450. The monoisotopic (exact) mass is 188 g/mol.